The smallest absolute Gasteiger partial charge is 0.321 e. The first kappa shape index (κ1) is 10.3. The molecule has 2 amide bonds. The molecule has 0 atom stereocenters. The number of aromatic nitrogens is 2. The molecule has 0 aliphatic carbocycles. The van der Waals surface area contributed by atoms with E-state index in [-0.39, 0.29) is 19.1 Å². The average molecular weight is 222 g/mol. The van der Waals surface area contributed by atoms with Gasteiger partial charge in [0.1, 0.15) is 6.33 Å². The first-order valence-electron chi connectivity index (χ1n) is 4.70. The lowest BCUT2D eigenvalue weighted by molar-refractivity contribution is -0.145. The molecule has 0 radical (unpaired) electrons. The van der Waals surface area contributed by atoms with Crippen molar-refractivity contribution in [2.24, 2.45) is 5.92 Å². The molecule has 0 aromatic carbocycles. The average Bonchev–Trinajstić information content (AvgIpc) is 2.15. The maximum absolute atomic E-state index is 11.5. The summed E-state index contributed by atoms with van der Waals surface area (Å²) in [6.07, 6.45) is 4.30. The fraction of sp³-hybridized carbons (Fsp3) is 0.333. The molecule has 1 fully saturated rings. The van der Waals surface area contributed by atoms with Crippen molar-refractivity contribution in [2.75, 3.05) is 18.4 Å². The largest absolute Gasteiger partial charge is 0.481 e. The lowest BCUT2D eigenvalue weighted by Gasteiger charge is -2.36. The number of hydrogen-bond donors (Lipinski definition) is 2. The molecule has 0 saturated carbocycles. The van der Waals surface area contributed by atoms with Crippen LogP contribution >= 0.6 is 0 Å². The van der Waals surface area contributed by atoms with E-state index in [9.17, 15) is 9.59 Å². The van der Waals surface area contributed by atoms with Crippen molar-refractivity contribution in [1.82, 2.24) is 14.9 Å². The Hall–Kier alpha value is -2.18. The van der Waals surface area contributed by atoms with Crippen molar-refractivity contribution < 1.29 is 14.7 Å². The summed E-state index contributed by atoms with van der Waals surface area (Å²) in [7, 11) is 0. The quantitative estimate of drug-likeness (QED) is 0.735. The van der Waals surface area contributed by atoms with Gasteiger partial charge in [-0.2, -0.15) is 0 Å². The summed E-state index contributed by atoms with van der Waals surface area (Å²) < 4.78 is 0. The van der Waals surface area contributed by atoms with E-state index in [4.69, 9.17) is 5.11 Å². The number of carbonyl (C=O) groups excluding carboxylic acids is 1. The first-order valence-corrected chi connectivity index (χ1v) is 4.70. The van der Waals surface area contributed by atoms with Gasteiger partial charge in [0.15, 0.2) is 0 Å². The van der Waals surface area contributed by atoms with E-state index < -0.39 is 11.9 Å². The Kier molecular flexibility index (Phi) is 2.67. The van der Waals surface area contributed by atoms with E-state index in [1.54, 1.807) is 0 Å². The summed E-state index contributed by atoms with van der Waals surface area (Å²) in [5.74, 6) is -1.31. The van der Waals surface area contributed by atoms with Crippen LogP contribution in [0.3, 0.4) is 0 Å². The minimum absolute atomic E-state index is 0.245. The van der Waals surface area contributed by atoms with Crippen LogP contribution in [0.25, 0.3) is 0 Å². The summed E-state index contributed by atoms with van der Waals surface area (Å²) in [5, 5.41) is 11.2. The molecular formula is C9H10N4O3. The molecule has 84 valence electrons. The van der Waals surface area contributed by atoms with Gasteiger partial charge in [-0.15, -0.1) is 0 Å². The SMILES string of the molecule is O=C(O)C1CN(C(=O)Nc2cncnc2)C1. The van der Waals surface area contributed by atoms with Gasteiger partial charge in [0.05, 0.1) is 24.0 Å². The minimum atomic E-state index is -0.868. The van der Waals surface area contributed by atoms with Crippen molar-refractivity contribution in [3.05, 3.63) is 18.7 Å². The van der Waals surface area contributed by atoms with Crippen LogP contribution in [0.1, 0.15) is 0 Å². The van der Waals surface area contributed by atoms with Crippen LogP contribution in [0.4, 0.5) is 10.5 Å². The number of rotatable bonds is 2. The monoisotopic (exact) mass is 222 g/mol. The summed E-state index contributed by atoms with van der Waals surface area (Å²) >= 11 is 0. The van der Waals surface area contributed by atoms with Gasteiger partial charge in [0.25, 0.3) is 0 Å². The van der Waals surface area contributed by atoms with E-state index in [2.05, 4.69) is 15.3 Å². The lowest BCUT2D eigenvalue weighted by atomic mass is 10.0. The summed E-state index contributed by atoms with van der Waals surface area (Å²) in [6.45, 7) is 0.490. The summed E-state index contributed by atoms with van der Waals surface area (Å²) in [6, 6.07) is -0.327. The van der Waals surface area contributed by atoms with Gasteiger partial charge in [-0.1, -0.05) is 0 Å². The molecule has 7 heteroatoms. The predicted molar refractivity (Wildman–Crippen MR) is 53.7 cm³/mol. The lowest BCUT2D eigenvalue weighted by Crippen LogP contribution is -2.54. The van der Waals surface area contributed by atoms with Gasteiger partial charge in [-0.05, 0) is 0 Å². The standard InChI is InChI=1S/C9H10N4O3/c14-8(15)6-3-13(4-6)9(16)12-7-1-10-5-11-2-7/h1-2,5-6H,3-4H2,(H,12,16)(H,14,15). The van der Waals surface area contributed by atoms with Crippen LogP contribution in [0.2, 0.25) is 0 Å². The number of hydrogen-bond acceptors (Lipinski definition) is 4. The highest BCUT2D eigenvalue weighted by molar-refractivity contribution is 5.90. The molecule has 2 N–H and O–H groups in total. The van der Waals surface area contributed by atoms with Gasteiger partial charge in [-0.3, -0.25) is 4.79 Å². The maximum atomic E-state index is 11.5. The third-order valence-electron chi connectivity index (χ3n) is 2.33. The number of aliphatic carboxylic acids is 1. The van der Waals surface area contributed by atoms with Crippen LogP contribution in [-0.4, -0.2) is 45.1 Å². The third kappa shape index (κ3) is 2.08. The van der Waals surface area contributed by atoms with Crippen molar-refractivity contribution in [2.45, 2.75) is 0 Å². The molecule has 16 heavy (non-hydrogen) atoms. The molecule has 2 heterocycles. The van der Waals surface area contributed by atoms with E-state index in [0.717, 1.165) is 0 Å². The van der Waals surface area contributed by atoms with E-state index in [1.807, 2.05) is 0 Å². The fourth-order valence-electron chi connectivity index (χ4n) is 1.37. The second kappa shape index (κ2) is 4.13. The van der Waals surface area contributed by atoms with E-state index in [1.165, 1.54) is 23.6 Å². The zero-order valence-electron chi connectivity index (χ0n) is 8.33. The van der Waals surface area contributed by atoms with Crippen LogP contribution in [0.5, 0.6) is 0 Å². The van der Waals surface area contributed by atoms with Crippen molar-refractivity contribution in [1.29, 1.82) is 0 Å². The number of carboxylic acids is 1. The van der Waals surface area contributed by atoms with Crippen molar-refractivity contribution >= 4 is 17.7 Å². The van der Waals surface area contributed by atoms with Crippen molar-refractivity contribution in [3.63, 3.8) is 0 Å². The van der Waals surface area contributed by atoms with Gasteiger partial charge in [-0.25, -0.2) is 14.8 Å². The van der Waals surface area contributed by atoms with E-state index >= 15 is 0 Å². The zero-order valence-corrected chi connectivity index (χ0v) is 8.33. The van der Waals surface area contributed by atoms with Gasteiger partial charge < -0.3 is 15.3 Å². The van der Waals surface area contributed by atoms with Gasteiger partial charge >= 0.3 is 12.0 Å². The Morgan fingerprint density at radius 2 is 2.00 bits per heavy atom. The summed E-state index contributed by atoms with van der Waals surface area (Å²) in [5.41, 5.74) is 0.492. The molecule has 0 unspecified atom stereocenters. The van der Waals surface area contributed by atoms with Crippen LogP contribution in [0.15, 0.2) is 18.7 Å². The number of likely N-dealkylation sites (tertiary alicyclic amines) is 1. The zero-order chi connectivity index (χ0) is 11.5. The molecule has 0 bridgehead atoms. The van der Waals surface area contributed by atoms with E-state index in [0.29, 0.717) is 5.69 Å². The number of nitrogens with one attached hydrogen (secondary N) is 1. The molecule has 1 aromatic rings. The van der Waals surface area contributed by atoms with Crippen LogP contribution in [-0.2, 0) is 4.79 Å². The molecular weight excluding hydrogens is 212 g/mol. The van der Waals surface area contributed by atoms with Crippen LogP contribution < -0.4 is 5.32 Å². The molecule has 2 rings (SSSR count). The number of amides is 2. The highest BCUT2D eigenvalue weighted by Crippen LogP contribution is 2.16. The Balaban J connectivity index is 1.85. The Labute approximate surface area is 91.1 Å². The molecule has 1 saturated heterocycles. The molecule has 1 aromatic heterocycles. The number of nitrogens with zero attached hydrogens (tertiary/aromatic N) is 3. The normalized spacial score (nSPS) is 15.4. The molecule has 1 aliphatic rings. The second-order valence-corrected chi connectivity index (χ2v) is 3.50. The number of carboxylic acid groups (broad SMARTS) is 1. The van der Waals surface area contributed by atoms with Crippen LogP contribution in [0, 0.1) is 5.92 Å². The van der Waals surface area contributed by atoms with Crippen molar-refractivity contribution in [3.8, 4) is 0 Å². The molecule has 1 aliphatic heterocycles. The molecule has 7 nitrogen and oxygen atoms in total. The Morgan fingerprint density at radius 3 is 2.56 bits per heavy atom. The fourth-order valence-corrected chi connectivity index (χ4v) is 1.37. The number of anilines is 1. The highest BCUT2D eigenvalue weighted by atomic mass is 16.4. The van der Waals surface area contributed by atoms with Gasteiger partial charge in [0, 0.05) is 13.1 Å². The number of urea groups is 1. The summed E-state index contributed by atoms with van der Waals surface area (Å²) in [4.78, 5) is 31.0. The maximum Gasteiger partial charge on any atom is 0.321 e. The Morgan fingerprint density at radius 1 is 1.38 bits per heavy atom. The first-order chi connectivity index (χ1) is 7.66. The Bertz CT molecular complexity index is 402. The predicted octanol–water partition coefficient (Wildman–Crippen LogP) is 0.0249. The topological polar surface area (TPSA) is 95.4 Å². The highest BCUT2D eigenvalue weighted by Gasteiger charge is 2.35. The second-order valence-electron chi connectivity index (χ2n) is 3.50. The minimum Gasteiger partial charge on any atom is -0.481 e. The third-order valence-corrected chi connectivity index (χ3v) is 2.33. The van der Waals surface area contributed by atoms with Gasteiger partial charge in [0.2, 0.25) is 0 Å². The molecule has 0 spiro atoms. The number of carbonyl (C=O) groups is 2.